The van der Waals surface area contributed by atoms with Crippen molar-refractivity contribution in [1.82, 2.24) is 0 Å². The average Bonchev–Trinajstić information content (AvgIpc) is 2.22. The maximum absolute atomic E-state index is 11.4. The summed E-state index contributed by atoms with van der Waals surface area (Å²) < 4.78 is 0. The number of unbranched alkanes of at least 4 members (excludes halogenated alkanes) is 3. The van der Waals surface area contributed by atoms with Gasteiger partial charge < -0.3 is 0 Å². The normalized spacial score (nSPS) is 10.3. The molecule has 0 fully saturated rings. The molecule has 0 aliphatic rings. The Morgan fingerprint density at radius 3 is 1.80 bits per heavy atom. The minimum atomic E-state index is 0.236. The number of hydrogen-bond donors (Lipinski definition) is 0. The van der Waals surface area contributed by atoms with E-state index < -0.39 is 0 Å². The van der Waals surface area contributed by atoms with E-state index in [4.69, 9.17) is 0 Å². The molecule has 0 aliphatic carbocycles. The molecule has 2 nitrogen and oxygen atoms in total. The van der Waals surface area contributed by atoms with Crippen LogP contribution in [0.25, 0.3) is 0 Å². The van der Waals surface area contributed by atoms with E-state index in [2.05, 4.69) is 6.92 Å². The Labute approximate surface area is 93.4 Å². The van der Waals surface area contributed by atoms with Crippen molar-refractivity contribution in [2.45, 2.75) is 71.6 Å². The molecule has 0 spiro atoms. The van der Waals surface area contributed by atoms with Gasteiger partial charge in [-0.1, -0.05) is 33.1 Å². The molecular weight excluding hydrogens is 188 g/mol. The number of rotatable bonds is 10. The molecule has 88 valence electrons. The second kappa shape index (κ2) is 9.88. The van der Waals surface area contributed by atoms with Crippen molar-refractivity contribution >= 4 is 11.6 Å². The van der Waals surface area contributed by atoms with E-state index in [0.717, 1.165) is 19.3 Å². The minimum Gasteiger partial charge on any atom is -0.300 e. The summed E-state index contributed by atoms with van der Waals surface area (Å²) in [5.41, 5.74) is 0. The van der Waals surface area contributed by atoms with Gasteiger partial charge in [-0.25, -0.2) is 0 Å². The van der Waals surface area contributed by atoms with E-state index in [1.807, 2.05) is 6.92 Å². The van der Waals surface area contributed by atoms with Crippen LogP contribution in [0.4, 0.5) is 0 Å². The zero-order chi connectivity index (χ0) is 11.5. The molecule has 0 atom stereocenters. The Balaban J connectivity index is 3.36. The highest BCUT2D eigenvalue weighted by atomic mass is 16.1. The van der Waals surface area contributed by atoms with E-state index in [1.165, 1.54) is 12.8 Å². The number of carbonyl (C=O) groups excluding carboxylic acids is 2. The van der Waals surface area contributed by atoms with Crippen LogP contribution in [-0.4, -0.2) is 11.6 Å². The Kier molecular flexibility index (Phi) is 9.44. The third-order valence-electron chi connectivity index (χ3n) is 2.52. The van der Waals surface area contributed by atoms with Gasteiger partial charge in [0.15, 0.2) is 0 Å². The number of ketones is 2. The van der Waals surface area contributed by atoms with Crippen molar-refractivity contribution in [3.8, 4) is 0 Å². The van der Waals surface area contributed by atoms with Gasteiger partial charge in [0.1, 0.15) is 11.6 Å². The topological polar surface area (TPSA) is 34.1 Å². The molecule has 0 radical (unpaired) electrons. The van der Waals surface area contributed by atoms with Crippen LogP contribution in [0.5, 0.6) is 0 Å². The van der Waals surface area contributed by atoms with Crippen molar-refractivity contribution < 1.29 is 9.59 Å². The van der Waals surface area contributed by atoms with Crippen LogP contribution in [0.2, 0.25) is 0 Å². The zero-order valence-corrected chi connectivity index (χ0v) is 10.2. The largest absolute Gasteiger partial charge is 0.300 e. The molecule has 0 rings (SSSR count). The van der Waals surface area contributed by atoms with E-state index >= 15 is 0 Å². The van der Waals surface area contributed by atoms with Crippen LogP contribution in [-0.2, 0) is 9.59 Å². The van der Waals surface area contributed by atoms with Crippen molar-refractivity contribution in [3.63, 3.8) is 0 Å². The molecule has 0 unspecified atom stereocenters. The van der Waals surface area contributed by atoms with Gasteiger partial charge in [-0.05, 0) is 12.8 Å². The summed E-state index contributed by atoms with van der Waals surface area (Å²) in [6.07, 6.45) is 7.66. The number of carbonyl (C=O) groups is 2. The predicted octanol–water partition coefficient (Wildman–Crippen LogP) is 3.68. The molecule has 2 heteroatoms. The van der Waals surface area contributed by atoms with E-state index in [-0.39, 0.29) is 11.6 Å². The van der Waals surface area contributed by atoms with Crippen molar-refractivity contribution in [2.24, 2.45) is 0 Å². The van der Waals surface area contributed by atoms with Crippen LogP contribution in [0, 0.1) is 0 Å². The third kappa shape index (κ3) is 9.64. The fourth-order valence-electron chi connectivity index (χ4n) is 1.56. The smallest absolute Gasteiger partial charge is 0.133 e. The van der Waals surface area contributed by atoms with Crippen LogP contribution in [0.3, 0.4) is 0 Å². The van der Waals surface area contributed by atoms with Gasteiger partial charge in [-0.15, -0.1) is 0 Å². The molecule has 0 bridgehead atoms. The van der Waals surface area contributed by atoms with Gasteiger partial charge in [0.2, 0.25) is 0 Å². The van der Waals surface area contributed by atoms with Crippen molar-refractivity contribution in [3.05, 3.63) is 0 Å². The molecule has 0 saturated carbocycles. The third-order valence-corrected chi connectivity index (χ3v) is 2.52. The summed E-state index contributed by atoms with van der Waals surface area (Å²) in [7, 11) is 0. The maximum atomic E-state index is 11.4. The Morgan fingerprint density at radius 1 is 0.667 bits per heavy atom. The first-order chi connectivity index (χ1) is 7.20. The zero-order valence-electron chi connectivity index (χ0n) is 10.2. The number of Topliss-reactive ketones (excluding diaryl/α,β-unsaturated/α-hetero) is 2. The highest BCUT2D eigenvalue weighted by Crippen LogP contribution is 2.06. The Morgan fingerprint density at radius 2 is 1.27 bits per heavy atom. The van der Waals surface area contributed by atoms with Gasteiger partial charge in [-0.2, -0.15) is 0 Å². The molecule has 0 aliphatic heterocycles. The lowest BCUT2D eigenvalue weighted by molar-refractivity contribution is -0.124. The summed E-state index contributed by atoms with van der Waals surface area (Å²) in [6, 6.07) is 0. The van der Waals surface area contributed by atoms with Gasteiger partial charge in [0.25, 0.3) is 0 Å². The summed E-state index contributed by atoms with van der Waals surface area (Å²) >= 11 is 0. The first-order valence-electron chi connectivity index (χ1n) is 6.24. The first kappa shape index (κ1) is 14.3. The Bertz CT molecular complexity index is 185. The van der Waals surface area contributed by atoms with Crippen LogP contribution in [0.15, 0.2) is 0 Å². The Hall–Kier alpha value is -0.660. The summed E-state index contributed by atoms with van der Waals surface area (Å²) in [5.74, 6) is 0.495. The fourth-order valence-corrected chi connectivity index (χ4v) is 1.56. The SMILES string of the molecule is CCCCCCC(=O)CCC(=O)CCC. The minimum absolute atomic E-state index is 0.236. The molecular formula is C13H24O2. The quantitative estimate of drug-likeness (QED) is 0.518. The van der Waals surface area contributed by atoms with Gasteiger partial charge in [0, 0.05) is 25.7 Å². The second-order valence-corrected chi connectivity index (χ2v) is 4.14. The standard InChI is InChI=1S/C13H24O2/c1-3-5-6-7-9-13(15)11-10-12(14)8-4-2/h3-11H2,1-2H3. The molecule has 0 aromatic heterocycles. The molecule has 0 saturated heterocycles. The second-order valence-electron chi connectivity index (χ2n) is 4.14. The molecule has 0 aromatic carbocycles. The van der Waals surface area contributed by atoms with Crippen molar-refractivity contribution in [1.29, 1.82) is 0 Å². The summed E-state index contributed by atoms with van der Waals surface area (Å²) in [4.78, 5) is 22.5. The molecule has 0 heterocycles. The molecule has 15 heavy (non-hydrogen) atoms. The lowest BCUT2D eigenvalue weighted by atomic mass is 10.0. The highest BCUT2D eigenvalue weighted by Gasteiger charge is 2.05. The lowest BCUT2D eigenvalue weighted by Gasteiger charge is -2.00. The highest BCUT2D eigenvalue weighted by molar-refractivity contribution is 5.85. The van der Waals surface area contributed by atoms with E-state index in [9.17, 15) is 9.59 Å². The monoisotopic (exact) mass is 212 g/mol. The summed E-state index contributed by atoms with van der Waals surface area (Å²) in [5, 5.41) is 0. The lowest BCUT2D eigenvalue weighted by Crippen LogP contribution is -2.03. The number of hydrogen-bond acceptors (Lipinski definition) is 2. The summed E-state index contributed by atoms with van der Waals surface area (Å²) in [6.45, 7) is 4.15. The average molecular weight is 212 g/mol. The van der Waals surface area contributed by atoms with Crippen molar-refractivity contribution in [2.75, 3.05) is 0 Å². The van der Waals surface area contributed by atoms with Gasteiger partial charge in [0.05, 0.1) is 0 Å². The van der Waals surface area contributed by atoms with Crippen LogP contribution >= 0.6 is 0 Å². The van der Waals surface area contributed by atoms with Crippen LogP contribution in [0.1, 0.15) is 71.6 Å². The molecule has 0 aromatic rings. The van der Waals surface area contributed by atoms with E-state index in [0.29, 0.717) is 25.7 Å². The van der Waals surface area contributed by atoms with E-state index in [1.54, 1.807) is 0 Å². The maximum Gasteiger partial charge on any atom is 0.133 e. The molecule has 0 amide bonds. The predicted molar refractivity (Wildman–Crippen MR) is 62.9 cm³/mol. The van der Waals surface area contributed by atoms with Gasteiger partial charge in [-0.3, -0.25) is 9.59 Å². The van der Waals surface area contributed by atoms with Gasteiger partial charge >= 0.3 is 0 Å². The molecule has 0 N–H and O–H groups in total. The fraction of sp³-hybridized carbons (Fsp3) is 0.846. The van der Waals surface area contributed by atoms with Crippen LogP contribution < -0.4 is 0 Å². The first-order valence-corrected chi connectivity index (χ1v) is 6.24.